The number of nitrogens with one attached hydrogen (secondary N) is 2. The van der Waals surface area contributed by atoms with E-state index in [1.807, 2.05) is 56.3 Å². The minimum Gasteiger partial charge on any atom is -0.382 e. The molecule has 0 fully saturated rings. The predicted molar refractivity (Wildman–Crippen MR) is 106 cm³/mol. The van der Waals surface area contributed by atoms with E-state index in [9.17, 15) is 4.79 Å². The molecule has 1 aromatic heterocycles. The van der Waals surface area contributed by atoms with Gasteiger partial charge in [0, 0.05) is 16.6 Å². The minimum atomic E-state index is -0.338. The zero-order chi connectivity index (χ0) is 18.7. The molecule has 0 saturated carbocycles. The summed E-state index contributed by atoms with van der Waals surface area (Å²) in [5, 5.41) is 10.9. The summed E-state index contributed by atoms with van der Waals surface area (Å²) < 4.78 is 1.61. The van der Waals surface area contributed by atoms with Crippen molar-refractivity contribution in [3.63, 3.8) is 0 Å². The van der Waals surface area contributed by atoms with Gasteiger partial charge in [0.2, 0.25) is 0 Å². The van der Waals surface area contributed by atoms with Crippen molar-refractivity contribution in [1.29, 1.82) is 0 Å². The number of para-hydroxylation sites is 1. The number of aromatic nitrogens is 2. The van der Waals surface area contributed by atoms with Crippen molar-refractivity contribution < 1.29 is 4.79 Å². The second kappa shape index (κ2) is 7.49. The number of carbonyl (C=O) groups is 1. The molecule has 0 aliphatic rings. The minimum absolute atomic E-state index is 0.000579. The SMILES string of the molecule is CC(C)NC(=O)Nc1c(-c2ccc(Cl)cc2)nn(-c2ccccc2)c1N. The molecule has 2 aromatic carbocycles. The molecule has 7 heteroatoms. The van der Waals surface area contributed by atoms with Gasteiger partial charge in [0.25, 0.3) is 0 Å². The van der Waals surface area contributed by atoms with Crippen LogP contribution in [0.15, 0.2) is 54.6 Å². The Bertz CT molecular complexity index is 904. The van der Waals surface area contributed by atoms with Gasteiger partial charge in [-0.1, -0.05) is 41.9 Å². The average molecular weight is 370 g/mol. The van der Waals surface area contributed by atoms with Crippen LogP contribution in [0.25, 0.3) is 16.9 Å². The predicted octanol–water partition coefficient (Wildman–Crippen LogP) is 4.30. The standard InChI is InChI=1S/C19H20ClN5O/c1-12(2)22-19(26)23-17-16(13-8-10-14(20)11-9-13)24-25(18(17)21)15-6-4-3-5-7-15/h3-12H,21H2,1-2H3,(H2,22,23,26). The van der Waals surface area contributed by atoms with Gasteiger partial charge in [-0.05, 0) is 38.1 Å². The summed E-state index contributed by atoms with van der Waals surface area (Å²) in [4.78, 5) is 12.2. The van der Waals surface area contributed by atoms with E-state index >= 15 is 0 Å². The third-order valence-corrected chi connectivity index (χ3v) is 3.95. The first kappa shape index (κ1) is 17.8. The maximum atomic E-state index is 12.2. The van der Waals surface area contributed by atoms with Crippen LogP contribution >= 0.6 is 11.6 Å². The summed E-state index contributed by atoms with van der Waals surface area (Å²) in [5.41, 5.74) is 8.94. The number of nitrogens with zero attached hydrogens (tertiary/aromatic N) is 2. The average Bonchev–Trinajstić information content (AvgIpc) is 2.92. The van der Waals surface area contributed by atoms with Crippen molar-refractivity contribution in [3.8, 4) is 16.9 Å². The first-order chi connectivity index (χ1) is 12.5. The molecule has 4 N–H and O–H groups in total. The van der Waals surface area contributed by atoms with Gasteiger partial charge < -0.3 is 16.4 Å². The maximum absolute atomic E-state index is 12.2. The number of amides is 2. The van der Waals surface area contributed by atoms with Crippen molar-refractivity contribution in [2.24, 2.45) is 0 Å². The highest BCUT2D eigenvalue weighted by Gasteiger charge is 2.20. The normalized spacial score (nSPS) is 10.8. The van der Waals surface area contributed by atoms with Crippen LogP contribution < -0.4 is 16.4 Å². The molecule has 3 rings (SSSR count). The van der Waals surface area contributed by atoms with Crippen molar-refractivity contribution in [2.45, 2.75) is 19.9 Å². The van der Waals surface area contributed by atoms with Crippen LogP contribution in [0.1, 0.15) is 13.8 Å². The molecule has 26 heavy (non-hydrogen) atoms. The van der Waals surface area contributed by atoms with E-state index in [2.05, 4.69) is 15.7 Å². The van der Waals surface area contributed by atoms with E-state index in [1.54, 1.807) is 16.8 Å². The van der Waals surface area contributed by atoms with Gasteiger partial charge in [-0.15, -0.1) is 0 Å². The van der Waals surface area contributed by atoms with E-state index in [0.717, 1.165) is 11.3 Å². The van der Waals surface area contributed by atoms with Gasteiger partial charge in [-0.2, -0.15) is 5.10 Å². The van der Waals surface area contributed by atoms with Gasteiger partial charge in [0.15, 0.2) is 5.82 Å². The number of nitrogens with two attached hydrogens (primary N) is 1. The van der Waals surface area contributed by atoms with Crippen molar-refractivity contribution in [3.05, 3.63) is 59.6 Å². The number of benzene rings is 2. The van der Waals surface area contributed by atoms with E-state index < -0.39 is 0 Å². The third-order valence-electron chi connectivity index (χ3n) is 3.70. The van der Waals surface area contributed by atoms with Gasteiger partial charge in [0.05, 0.1) is 5.69 Å². The molecule has 0 unspecified atom stereocenters. The number of carbonyl (C=O) groups excluding carboxylic acids is 1. The topological polar surface area (TPSA) is 85.0 Å². The first-order valence-electron chi connectivity index (χ1n) is 8.23. The molecule has 0 aliphatic carbocycles. The van der Waals surface area contributed by atoms with Gasteiger partial charge in [-0.25, -0.2) is 9.48 Å². The molecule has 0 radical (unpaired) electrons. The largest absolute Gasteiger partial charge is 0.382 e. The Balaban J connectivity index is 2.08. The molecule has 0 spiro atoms. The summed E-state index contributed by atoms with van der Waals surface area (Å²) in [6.07, 6.45) is 0. The lowest BCUT2D eigenvalue weighted by molar-refractivity contribution is 0.250. The van der Waals surface area contributed by atoms with E-state index in [-0.39, 0.29) is 12.1 Å². The Morgan fingerprint density at radius 2 is 1.77 bits per heavy atom. The lowest BCUT2D eigenvalue weighted by Gasteiger charge is -2.11. The Morgan fingerprint density at radius 3 is 2.38 bits per heavy atom. The Kier molecular flexibility index (Phi) is 5.14. The summed E-state index contributed by atoms with van der Waals surface area (Å²) in [5.74, 6) is 0.347. The molecule has 0 atom stereocenters. The van der Waals surface area contributed by atoms with E-state index in [1.165, 1.54) is 0 Å². The van der Waals surface area contributed by atoms with Gasteiger partial charge in [0.1, 0.15) is 11.4 Å². The maximum Gasteiger partial charge on any atom is 0.319 e. The van der Waals surface area contributed by atoms with Crippen LogP contribution in [0.5, 0.6) is 0 Å². The lowest BCUT2D eigenvalue weighted by Crippen LogP contribution is -2.34. The molecule has 3 aromatic rings. The fourth-order valence-corrected chi connectivity index (χ4v) is 2.67. The number of urea groups is 1. The number of nitrogen functional groups attached to an aromatic ring is 1. The Hall–Kier alpha value is -2.99. The summed E-state index contributed by atoms with van der Waals surface area (Å²) in [6.45, 7) is 3.77. The summed E-state index contributed by atoms with van der Waals surface area (Å²) in [6, 6.07) is 16.4. The fraction of sp³-hybridized carbons (Fsp3) is 0.158. The fourth-order valence-electron chi connectivity index (χ4n) is 2.54. The molecule has 2 amide bonds. The van der Waals surface area contributed by atoms with Gasteiger partial charge >= 0.3 is 6.03 Å². The Morgan fingerprint density at radius 1 is 1.12 bits per heavy atom. The second-order valence-corrected chi connectivity index (χ2v) is 6.55. The van der Waals surface area contributed by atoms with Crippen LogP contribution in [0, 0.1) is 0 Å². The lowest BCUT2D eigenvalue weighted by atomic mass is 10.1. The number of hydrogen-bond donors (Lipinski definition) is 3. The zero-order valence-corrected chi connectivity index (χ0v) is 15.3. The molecule has 0 aliphatic heterocycles. The Labute approximate surface area is 157 Å². The molecular weight excluding hydrogens is 350 g/mol. The van der Waals surface area contributed by atoms with Crippen LogP contribution in [0.3, 0.4) is 0 Å². The summed E-state index contributed by atoms with van der Waals surface area (Å²) in [7, 11) is 0. The first-order valence-corrected chi connectivity index (χ1v) is 8.61. The quantitative estimate of drug-likeness (QED) is 0.640. The molecule has 0 saturated heterocycles. The zero-order valence-electron chi connectivity index (χ0n) is 14.5. The second-order valence-electron chi connectivity index (χ2n) is 6.12. The smallest absolute Gasteiger partial charge is 0.319 e. The number of hydrogen-bond acceptors (Lipinski definition) is 3. The third kappa shape index (κ3) is 3.81. The molecule has 134 valence electrons. The highest BCUT2D eigenvalue weighted by atomic mass is 35.5. The molecule has 0 bridgehead atoms. The van der Waals surface area contributed by atoms with E-state index in [0.29, 0.717) is 22.2 Å². The van der Waals surface area contributed by atoms with Crippen LogP contribution in [0.4, 0.5) is 16.3 Å². The van der Waals surface area contributed by atoms with Crippen LogP contribution in [-0.4, -0.2) is 21.9 Å². The van der Waals surface area contributed by atoms with Crippen LogP contribution in [0.2, 0.25) is 5.02 Å². The molecule has 6 nitrogen and oxygen atoms in total. The highest BCUT2D eigenvalue weighted by molar-refractivity contribution is 6.30. The van der Waals surface area contributed by atoms with Gasteiger partial charge in [-0.3, -0.25) is 0 Å². The van der Waals surface area contributed by atoms with Crippen molar-refractivity contribution in [1.82, 2.24) is 15.1 Å². The number of rotatable bonds is 4. The number of halogens is 1. The van der Waals surface area contributed by atoms with Crippen LogP contribution in [-0.2, 0) is 0 Å². The monoisotopic (exact) mass is 369 g/mol. The molecule has 1 heterocycles. The van der Waals surface area contributed by atoms with E-state index in [4.69, 9.17) is 17.3 Å². The number of anilines is 2. The summed E-state index contributed by atoms with van der Waals surface area (Å²) >= 11 is 5.98. The molecular formula is C19H20ClN5O. The van der Waals surface area contributed by atoms with Crippen molar-refractivity contribution >= 4 is 29.1 Å². The highest BCUT2D eigenvalue weighted by Crippen LogP contribution is 2.34. The van der Waals surface area contributed by atoms with Crippen molar-refractivity contribution in [2.75, 3.05) is 11.1 Å².